The molecule has 5 heteroatoms. The van der Waals surface area contributed by atoms with Gasteiger partial charge in [0.1, 0.15) is 10.3 Å². The molecule has 3 nitrogen and oxygen atoms in total. The monoisotopic (exact) mass is 287 g/mol. The van der Waals surface area contributed by atoms with E-state index in [1.54, 1.807) is 6.07 Å². The van der Waals surface area contributed by atoms with Crippen LogP contribution in [0.4, 0.5) is 0 Å². The van der Waals surface area contributed by atoms with Gasteiger partial charge in [-0.1, -0.05) is 29.3 Å². The summed E-state index contributed by atoms with van der Waals surface area (Å²) in [6.45, 7) is 4.32. The maximum atomic E-state index is 6.08. The molecule has 2 heterocycles. The number of likely N-dealkylation sites (tertiary alicyclic amines) is 1. The molecule has 1 fully saturated rings. The average molecular weight is 288 g/mol. The van der Waals surface area contributed by atoms with Crippen LogP contribution in [0.15, 0.2) is 12.1 Å². The highest BCUT2D eigenvalue weighted by atomic mass is 35.5. The van der Waals surface area contributed by atoms with Gasteiger partial charge in [0.2, 0.25) is 0 Å². The lowest BCUT2D eigenvalue weighted by Crippen LogP contribution is -2.27. The zero-order valence-electron chi connectivity index (χ0n) is 10.9. The van der Waals surface area contributed by atoms with Crippen molar-refractivity contribution in [2.45, 2.75) is 13.0 Å². The number of pyridine rings is 1. The highest BCUT2D eigenvalue weighted by Crippen LogP contribution is 2.20. The van der Waals surface area contributed by atoms with Crippen molar-refractivity contribution < 1.29 is 0 Å². The summed E-state index contributed by atoms with van der Waals surface area (Å²) in [5.74, 6) is 0.763. The molecule has 1 atom stereocenters. The number of aromatic nitrogens is 1. The number of nitrogens with zero attached hydrogens (tertiary/aromatic N) is 3. The third kappa shape index (κ3) is 3.82. The Morgan fingerprint density at radius 3 is 2.83 bits per heavy atom. The summed E-state index contributed by atoms with van der Waals surface area (Å²) < 4.78 is 0. The molecule has 1 unspecified atom stereocenters. The maximum Gasteiger partial charge on any atom is 0.135 e. The summed E-state index contributed by atoms with van der Waals surface area (Å²) in [5, 5.41) is 0.960. The molecule has 0 aliphatic carbocycles. The summed E-state index contributed by atoms with van der Waals surface area (Å²) in [6, 6.07) is 3.74. The second-order valence-electron chi connectivity index (χ2n) is 5.20. The highest BCUT2D eigenvalue weighted by Gasteiger charge is 2.20. The van der Waals surface area contributed by atoms with Gasteiger partial charge in [0.05, 0.1) is 0 Å². The van der Waals surface area contributed by atoms with Gasteiger partial charge < -0.3 is 9.80 Å². The topological polar surface area (TPSA) is 19.4 Å². The van der Waals surface area contributed by atoms with Gasteiger partial charge in [0, 0.05) is 25.2 Å². The third-order valence-corrected chi connectivity index (χ3v) is 3.93. The lowest BCUT2D eigenvalue weighted by molar-refractivity contribution is 0.267. The predicted molar refractivity (Wildman–Crippen MR) is 76.2 cm³/mol. The van der Waals surface area contributed by atoms with E-state index in [-0.39, 0.29) is 0 Å². The van der Waals surface area contributed by atoms with Gasteiger partial charge in [-0.05, 0) is 39.0 Å². The lowest BCUT2D eigenvalue weighted by atomic mass is 10.1. The first-order valence-electron chi connectivity index (χ1n) is 6.22. The van der Waals surface area contributed by atoms with Gasteiger partial charge in [0.15, 0.2) is 0 Å². The van der Waals surface area contributed by atoms with Crippen molar-refractivity contribution in [2.24, 2.45) is 5.92 Å². The van der Waals surface area contributed by atoms with Crippen LogP contribution in [0.3, 0.4) is 0 Å². The van der Waals surface area contributed by atoms with Gasteiger partial charge in [0.25, 0.3) is 0 Å². The minimum Gasteiger partial charge on any atom is -0.306 e. The zero-order valence-corrected chi connectivity index (χ0v) is 12.4. The zero-order chi connectivity index (χ0) is 13.1. The fourth-order valence-electron chi connectivity index (χ4n) is 2.53. The van der Waals surface area contributed by atoms with Crippen LogP contribution in [0.1, 0.15) is 12.0 Å². The van der Waals surface area contributed by atoms with E-state index in [1.165, 1.54) is 19.5 Å². The molecule has 1 aliphatic rings. The fourth-order valence-corrected chi connectivity index (χ4v) is 2.93. The molecule has 1 aromatic rings. The molecule has 0 N–H and O–H groups in total. The van der Waals surface area contributed by atoms with Crippen LogP contribution in [-0.4, -0.2) is 48.5 Å². The molecule has 0 aromatic carbocycles. The first-order chi connectivity index (χ1) is 8.54. The van der Waals surface area contributed by atoms with Gasteiger partial charge in [-0.25, -0.2) is 4.98 Å². The van der Waals surface area contributed by atoms with Crippen molar-refractivity contribution >= 4 is 23.2 Å². The first-order valence-corrected chi connectivity index (χ1v) is 6.98. The van der Waals surface area contributed by atoms with Gasteiger partial charge in [-0.2, -0.15) is 0 Å². The Bertz CT molecular complexity index is 411. The van der Waals surface area contributed by atoms with Crippen molar-refractivity contribution in [1.29, 1.82) is 0 Å². The summed E-state index contributed by atoms with van der Waals surface area (Å²) >= 11 is 11.9. The molecule has 0 radical (unpaired) electrons. The van der Waals surface area contributed by atoms with Crippen LogP contribution in [0.5, 0.6) is 0 Å². The van der Waals surface area contributed by atoms with E-state index < -0.39 is 0 Å². The molecule has 0 spiro atoms. The molecule has 1 aliphatic heterocycles. The van der Waals surface area contributed by atoms with Crippen molar-refractivity contribution in [3.05, 3.63) is 28.0 Å². The summed E-state index contributed by atoms with van der Waals surface area (Å²) in [5.41, 5.74) is 1.04. The Balaban J connectivity index is 1.88. The predicted octanol–water partition coefficient (Wildman–Crippen LogP) is 2.77. The van der Waals surface area contributed by atoms with Crippen LogP contribution in [0, 0.1) is 5.92 Å². The molecular formula is C13H19Cl2N3. The van der Waals surface area contributed by atoms with E-state index in [1.807, 2.05) is 6.07 Å². The van der Waals surface area contributed by atoms with Crippen molar-refractivity contribution in [3.8, 4) is 0 Å². The van der Waals surface area contributed by atoms with Crippen LogP contribution >= 0.6 is 23.2 Å². The molecule has 0 amide bonds. The Hall–Kier alpha value is -0.350. The summed E-state index contributed by atoms with van der Waals surface area (Å²) in [6.07, 6.45) is 1.29. The second-order valence-corrected chi connectivity index (χ2v) is 5.94. The minimum atomic E-state index is 0.448. The van der Waals surface area contributed by atoms with Gasteiger partial charge in [-0.3, -0.25) is 0 Å². The molecule has 0 saturated carbocycles. The number of rotatable bonds is 4. The quantitative estimate of drug-likeness (QED) is 0.794. The Morgan fingerprint density at radius 2 is 2.22 bits per heavy atom. The highest BCUT2D eigenvalue weighted by molar-refractivity contribution is 6.32. The molecule has 0 bridgehead atoms. The Kier molecular flexibility index (Phi) is 4.84. The van der Waals surface area contributed by atoms with Gasteiger partial charge in [-0.15, -0.1) is 0 Å². The summed E-state index contributed by atoms with van der Waals surface area (Å²) in [4.78, 5) is 8.76. The fraction of sp³-hybridized carbons (Fsp3) is 0.615. The largest absolute Gasteiger partial charge is 0.306 e. The molecule has 1 aromatic heterocycles. The van der Waals surface area contributed by atoms with E-state index in [2.05, 4.69) is 28.9 Å². The molecule has 1 saturated heterocycles. The van der Waals surface area contributed by atoms with Gasteiger partial charge >= 0.3 is 0 Å². The van der Waals surface area contributed by atoms with Crippen LogP contribution in [0.2, 0.25) is 10.3 Å². The van der Waals surface area contributed by atoms with Crippen LogP contribution < -0.4 is 0 Å². The van der Waals surface area contributed by atoms with E-state index >= 15 is 0 Å². The van der Waals surface area contributed by atoms with E-state index in [9.17, 15) is 0 Å². The molecule has 18 heavy (non-hydrogen) atoms. The second kappa shape index (κ2) is 6.20. The lowest BCUT2D eigenvalue weighted by Gasteiger charge is -2.21. The maximum absolute atomic E-state index is 6.08. The van der Waals surface area contributed by atoms with E-state index in [0.717, 1.165) is 24.6 Å². The average Bonchev–Trinajstić information content (AvgIpc) is 2.68. The molecule has 2 rings (SSSR count). The van der Waals surface area contributed by atoms with Crippen molar-refractivity contribution in [3.63, 3.8) is 0 Å². The SMILES string of the molecule is CN1CCC(CN(C)Cc2ccc(Cl)nc2Cl)C1. The molecular weight excluding hydrogens is 269 g/mol. The smallest absolute Gasteiger partial charge is 0.135 e. The summed E-state index contributed by atoms with van der Waals surface area (Å²) in [7, 11) is 4.31. The standard InChI is InChI=1S/C13H19Cl2N3/c1-17-6-5-10(7-17)8-18(2)9-11-3-4-12(14)16-13(11)15/h3-4,10H,5-9H2,1-2H3. The van der Waals surface area contributed by atoms with E-state index in [4.69, 9.17) is 23.2 Å². The third-order valence-electron chi connectivity index (χ3n) is 3.39. The van der Waals surface area contributed by atoms with Crippen molar-refractivity contribution in [1.82, 2.24) is 14.8 Å². The number of hydrogen-bond acceptors (Lipinski definition) is 3. The number of halogens is 2. The first kappa shape index (κ1) is 14.1. The minimum absolute atomic E-state index is 0.448. The number of hydrogen-bond donors (Lipinski definition) is 0. The van der Waals surface area contributed by atoms with Crippen LogP contribution in [0.25, 0.3) is 0 Å². The Morgan fingerprint density at radius 1 is 1.44 bits per heavy atom. The van der Waals surface area contributed by atoms with Crippen LogP contribution in [-0.2, 0) is 6.54 Å². The normalized spacial score (nSPS) is 20.8. The van der Waals surface area contributed by atoms with Crippen molar-refractivity contribution in [2.75, 3.05) is 33.7 Å². The Labute approximate surface area is 119 Å². The van der Waals surface area contributed by atoms with E-state index in [0.29, 0.717) is 10.3 Å². The molecule has 100 valence electrons.